The normalized spacial score (nSPS) is 12.9. The smallest absolute Gasteiger partial charge is 0.000765 e. The second-order valence-corrected chi connectivity index (χ2v) is 11.3. The fourth-order valence-electron chi connectivity index (χ4n) is 7.39. The topological polar surface area (TPSA) is 0 Å². The van der Waals surface area contributed by atoms with Crippen LogP contribution in [0.5, 0.6) is 0 Å². The van der Waals surface area contributed by atoms with Crippen LogP contribution >= 0.6 is 0 Å². The van der Waals surface area contributed by atoms with E-state index in [0.717, 1.165) is 0 Å². The molecule has 0 N–H and O–H groups in total. The molecule has 0 nitrogen and oxygen atoms in total. The molecule has 184 valence electrons. The van der Waals surface area contributed by atoms with Gasteiger partial charge >= 0.3 is 0 Å². The van der Waals surface area contributed by atoms with E-state index >= 15 is 0 Å². The Balaban J connectivity index is 1.73. The van der Waals surface area contributed by atoms with Crippen molar-refractivity contribution in [3.8, 4) is 11.1 Å². The van der Waals surface area contributed by atoms with Crippen molar-refractivity contribution in [1.82, 2.24) is 0 Å². The van der Waals surface area contributed by atoms with Crippen molar-refractivity contribution < 1.29 is 0 Å². The third kappa shape index (κ3) is 3.10. The fourth-order valence-corrected chi connectivity index (χ4v) is 7.39. The molecule has 2 aliphatic carbocycles. The Kier molecular flexibility index (Phi) is 4.94. The molecule has 0 aliphatic heterocycles. The van der Waals surface area contributed by atoms with E-state index in [1.807, 2.05) is 0 Å². The van der Waals surface area contributed by atoms with Crippen molar-refractivity contribution in [2.24, 2.45) is 0 Å². The molecule has 2 aliphatic rings. The summed E-state index contributed by atoms with van der Waals surface area (Å²) in [4.78, 5) is 0. The van der Waals surface area contributed by atoms with Crippen molar-refractivity contribution >= 4 is 11.1 Å². The first kappa shape index (κ1) is 23.0. The van der Waals surface area contributed by atoms with E-state index in [2.05, 4.69) is 126 Å². The summed E-state index contributed by atoms with van der Waals surface area (Å²) in [6, 6.07) is 32.1. The van der Waals surface area contributed by atoms with Gasteiger partial charge < -0.3 is 0 Å². The lowest BCUT2D eigenvalue weighted by atomic mass is 9.88. The van der Waals surface area contributed by atoms with Gasteiger partial charge in [0.1, 0.15) is 0 Å². The predicted molar refractivity (Wildman–Crippen MR) is 160 cm³/mol. The summed E-state index contributed by atoms with van der Waals surface area (Å²) in [6.45, 7) is 13.5. The van der Waals surface area contributed by atoms with E-state index in [0.29, 0.717) is 0 Å². The van der Waals surface area contributed by atoms with E-state index in [1.54, 1.807) is 0 Å². The highest BCUT2D eigenvalue weighted by Gasteiger charge is 2.27. The van der Waals surface area contributed by atoms with E-state index in [-0.39, 0.29) is 0 Å². The summed E-state index contributed by atoms with van der Waals surface area (Å²) in [5, 5.41) is 5.47. The molecular weight excluding hydrogens is 456 g/mol. The molecule has 0 saturated carbocycles. The van der Waals surface area contributed by atoms with Gasteiger partial charge in [0.15, 0.2) is 0 Å². The molecule has 0 heterocycles. The summed E-state index contributed by atoms with van der Waals surface area (Å²) in [6.07, 6.45) is 0. The summed E-state index contributed by atoms with van der Waals surface area (Å²) < 4.78 is 0. The third-order valence-electron chi connectivity index (χ3n) is 8.53. The van der Waals surface area contributed by atoms with Crippen LogP contribution in [0, 0.1) is 52.0 Å². The Hall–Kier alpha value is -4.16. The average Bonchev–Trinajstić information content (AvgIpc) is 3.37. The van der Waals surface area contributed by atoms with Crippen LogP contribution in [0.1, 0.15) is 55.6 Å². The number of benzene rings is 5. The molecule has 0 fully saturated rings. The van der Waals surface area contributed by atoms with Crippen LogP contribution in [0.2, 0.25) is 0 Å². The lowest BCUT2D eigenvalue weighted by Gasteiger charge is -2.16. The maximum atomic E-state index is 2.39. The molecule has 0 unspecified atom stereocenters. The minimum absolute atomic E-state index is 1.32. The minimum atomic E-state index is 1.32. The molecule has 7 rings (SSSR count). The molecule has 5 aromatic carbocycles. The van der Waals surface area contributed by atoms with Crippen LogP contribution in [-0.4, -0.2) is 0 Å². The molecule has 0 radical (unpaired) electrons. The average molecular weight is 489 g/mol. The number of fused-ring (bicyclic) bond motifs is 6. The quantitative estimate of drug-likeness (QED) is 0.235. The maximum absolute atomic E-state index is 2.39. The summed E-state index contributed by atoms with van der Waals surface area (Å²) in [5.74, 6) is 0. The van der Waals surface area contributed by atoms with Gasteiger partial charge in [0.25, 0.3) is 0 Å². The molecular formula is C38H32. The number of hydrogen-bond donors (Lipinski definition) is 0. The molecule has 0 amide bonds. The van der Waals surface area contributed by atoms with Gasteiger partial charge in [-0.3, -0.25) is 0 Å². The van der Waals surface area contributed by atoms with E-state index in [9.17, 15) is 0 Å². The zero-order valence-corrected chi connectivity index (χ0v) is 23.1. The van der Waals surface area contributed by atoms with E-state index in [4.69, 9.17) is 0 Å². The fraction of sp³-hybridized carbons (Fsp3) is 0.158. The van der Waals surface area contributed by atoms with Gasteiger partial charge in [-0.1, -0.05) is 96.1 Å². The Morgan fingerprint density at radius 2 is 0.842 bits per heavy atom. The largest absolute Gasteiger partial charge is 0.0616 e. The number of rotatable bonds is 2. The van der Waals surface area contributed by atoms with Crippen LogP contribution in [0.4, 0.5) is 0 Å². The first-order valence-electron chi connectivity index (χ1n) is 13.6. The zero-order chi connectivity index (χ0) is 26.3. The van der Waals surface area contributed by atoms with Crippen molar-refractivity contribution in [1.29, 1.82) is 0 Å². The Labute approximate surface area is 224 Å². The molecule has 5 aromatic rings. The number of hydrogen-bond acceptors (Lipinski definition) is 0. The molecule has 0 atom stereocenters. The first-order chi connectivity index (χ1) is 18.3. The van der Waals surface area contributed by atoms with Crippen LogP contribution < -0.4 is 10.4 Å². The highest BCUT2D eigenvalue weighted by molar-refractivity contribution is 5.98. The Bertz CT molecular complexity index is 2020. The lowest BCUT2D eigenvalue weighted by molar-refractivity contribution is 1.28. The minimum Gasteiger partial charge on any atom is -0.0616 e. The molecule has 0 spiro atoms. The van der Waals surface area contributed by atoms with Crippen molar-refractivity contribution in [3.63, 3.8) is 0 Å². The van der Waals surface area contributed by atoms with Gasteiger partial charge in [-0.2, -0.15) is 0 Å². The first-order valence-corrected chi connectivity index (χ1v) is 13.6. The van der Waals surface area contributed by atoms with Crippen molar-refractivity contribution in [2.75, 3.05) is 0 Å². The van der Waals surface area contributed by atoms with Gasteiger partial charge in [0.2, 0.25) is 0 Å². The monoisotopic (exact) mass is 488 g/mol. The molecule has 0 heteroatoms. The highest BCUT2D eigenvalue weighted by atomic mass is 14.3. The number of aryl methyl sites for hydroxylation is 6. The summed E-state index contributed by atoms with van der Waals surface area (Å²) in [5.41, 5.74) is 18.9. The second kappa shape index (κ2) is 8.17. The van der Waals surface area contributed by atoms with Crippen molar-refractivity contribution in [2.45, 2.75) is 41.5 Å². The van der Waals surface area contributed by atoms with Crippen LogP contribution in [0.15, 0.2) is 84.9 Å². The van der Waals surface area contributed by atoms with Gasteiger partial charge in [0, 0.05) is 0 Å². The molecule has 0 aromatic heterocycles. The summed E-state index contributed by atoms with van der Waals surface area (Å²) >= 11 is 0. The van der Waals surface area contributed by atoms with Gasteiger partial charge in [-0.25, -0.2) is 0 Å². The molecule has 0 saturated heterocycles. The molecule has 0 bridgehead atoms. The van der Waals surface area contributed by atoms with Crippen LogP contribution in [0.3, 0.4) is 0 Å². The summed E-state index contributed by atoms with van der Waals surface area (Å²) in [7, 11) is 0. The predicted octanol–water partition coefficient (Wildman–Crippen LogP) is 7.61. The van der Waals surface area contributed by atoms with Gasteiger partial charge in [-0.05, 0) is 129 Å². The maximum Gasteiger partial charge on any atom is -0.000765 e. The van der Waals surface area contributed by atoms with E-state index in [1.165, 1.54) is 98.8 Å². The van der Waals surface area contributed by atoms with Crippen LogP contribution in [-0.2, 0) is 0 Å². The van der Waals surface area contributed by atoms with Gasteiger partial charge in [0.05, 0.1) is 0 Å². The van der Waals surface area contributed by atoms with Crippen molar-refractivity contribution in [3.05, 3.63) is 161 Å². The molecule has 38 heavy (non-hydrogen) atoms. The Morgan fingerprint density at radius 3 is 1.45 bits per heavy atom. The lowest BCUT2D eigenvalue weighted by Crippen LogP contribution is -2.12. The highest BCUT2D eigenvalue weighted by Crippen LogP contribution is 2.40. The zero-order valence-electron chi connectivity index (χ0n) is 23.1. The second-order valence-electron chi connectivity index (χ2n) is 11.3. The standard InChI is InChI=1S/C38H32/c1-21-17-23(3)33(24(4)18-21)35-29-13-9-10-14-30(29)36-32(35)16-15-31-27-11-7-8-12-28(27)37(38(31)36)34-25(5)19-22(2)20-26(34)6/h7-20H,1-6H3. The van der Waals surface area contributed by atoms with E-state index < -0.39 is 0 Å². The van der Waals surface area contributed by atoms with Crippen LogP contribution in [0.25, 0.3) is 22.3 Å². The third-order valence-corrected chi connectivity index (χ3v) is 8.53. The van der Waals surface area contributed by atoms with Gasteiger partial charge in [-0.15, -0.1) is 0 Å². The Morgan fingerprint density at radius 1 is 0.368 bits per heavy atom. The SMILES string of the molecule is Cc1cc(C)c(C2=c3ccccc3=c3c2ccc2c3=C(c3c(C)cc(C)cc3C)c3ccccc3-2)c(C)c1.